The van der Waals surface area contributed by atoms with Crippen LogP contribution >= 0.6 is 0 Å². The zero-order valence-electron chi connectivity index (χ0n) is 9.68. The third-order valence-corrected chi connectivity index (χ3v) is 3.01. The summed E-state index contributed by atoms with van der Waals surface area (Å²) in [5.41, 5.74) is 9.24. The van der Waals surface area contributed by atoms with E-state index in [0.29, 0.717) is 18.3 Å². The van der Waals surface area contributed by atoms with Crippen LogP contribution in [0.3, 0.4) is 0 Å². The number of hydrogen-bond acceptors (Lipinski definition) is 5. The number of nitrogens with two attached hydrogens (primary N) is 1. The summed E-state index contributed by atoms with van der Waals surface area (Å²) in [5, 5.41) is 7.85. The van der Waals surface area contributed by atoms with Crippen LogP contribution in [0.15, 0.2) is 22.6 Å². The summed E-state index contributed by atoms with van der Waals surface area (Å²) in [5.74, 6) is 1.24. The van der Waals surface area contributed by atoms with E-state index in [1.54, 1.807) is 6.92 Å². The number of rotatable bonds is 2. The minimum absolute atomic E-state index is 0.598. The molecule has 1 aliphatic heterocycles. The number of benzene rings is 1. The van der Waals surface area contributed by atoms with Crippen LogP contribution in [0.5, 0.6) is 0 Å². The maximum Gasteiger partial charge on any atom is 0.235 e. The lowest BCUT2D eigenvalue weighted by Gasteiger charge is -2.18. The average Bonchev–Trinajstić information content (AvgIpc) is 2.88. The van der Waals surface area contributed by atoms with E-state index in [1.165, 1.54) is 5.56 Å². The second-order valence-corrected chi connectivity index (χ2v) is 4.24. The topological polar surface area (TPSA) is 68.2 Å². The fraction of sp³-hybridized carbons (Fsp3) is 0.333. The molecule has 0 amide bonds. The molecule has 17 heavy (non-hydrogen) atoms. The molecule has 0 radical (unpaired) electrons. The fourth-order valence-corrected chi connectivity index (χ4v) is 2.29. The van der Waals surface area contributed by atoms with Crippen LogP contribution in [0.25, 0.3) is 0 Å². The lowest BCUT2D eigenvalue weighted by Crippen LogP contribution is -2.20. The summed E-state index contributed by atoms with van der Waals surface area (Å²) >= 11 is 0. The Bertz CT molecular complexity index is 549. The van der Waals surface area contributed by atoms with E-state index in [-0.39, 0.29) is 0 Å². The molecule has 0 fully saturated rings. The first-order valence-electron chi connectivity index (χ1n) is 5.65. The molecule has 0 spiro atoms. The van der Waals surface area contributed by atoms with Crippen molar-refractivity contribution in [1.29, 1.82) is 0 Å². The number of hydrogen-bond donors (Lipinski definition) is 1. The van der Waals surface area contributed by atoms with Crippen LogP contribution in [0, 0.1) is 6.92 Å². The van der Waals surface area contributed by atoms with Gasteiger partial charge in [0.1, 0.15) is 0 Å². The van der Waals surface area contributed by atoms with E-state index in [1.807, 2.05) is 12.1 Å². The average molecular weight is 230 g/mol. The number of fused-ring (bicyclic) bond motifs is 1. The molecule has 5 nitrogen and oxygen atoms in total. The standard InChI is InChI=1S/C12H14N4O/c1-8-14-15-11(17-8)7-16-6-5-9-3-2-4-10(13)12(9)16/h2-4H,5-7,13H2,1H3. The second-order valence-electron chi connectivity index (χ2n) is 4.24. The molecule has 0 bridgehead atoms. The van der Waals surface area contributed by atoms with Gasteiger partial charge in [0.25, 0.3) is 0 Å². The van der Waals surface area contributed by atoms with Gasteiger partial charge in [0, 0.05) is 13.5 Å². The van der Waals surface area contributed by atoms with Gasteiger partial charge in [-0.1, -0.05) is 12.1 Å². The highest BCUT2D eigenvalue weighted by Crippen LogP contribution is 2.34. The van der Waals surface area contributed by atoms with Gasteiger partial charge in [-0.25, -0.2) is 0 Å². The van der Waals surface area contributed by atoms with E-state index < -0.39 is 0 Å². The summed E-state index contributed by atoms with van der Waals surface area (Å²) < 4.78 is 5.40. The number of aromatic nitrogens is 2. The Morgan fingerprint density at radius 3 is 3.06 bits per heavy atom. The lowest BCUT2D eigenvalue weighted by atomic mass is 10.1. The minimum atomic E-state index is 0.598. The van der Waals surface area contributed by atoms with Gasteiger partial charge >= 0.3 is 0 Å². The number of aryl methyl sites for hydroxylation is 1. The molecule has 2 aromatic rings. The van der Waals surface area contributed by atoms with E-state index in [2.05, 4.69) is 21.2 Å². The van der Waals surface area contributed by atoms with Gasteiger partial charge in [0.05, 0.1) is 17.9 Å². The number of anilines is 2. The summed E-state index contributed by atoms with van der Waals surface area (Å²) in [6.07, 6.45) is 1.02. The molecular formula is C12H14N4O. The van der Waals surface area contributed by atoms with Crippen LogP contribution in [0.1, 0.15) is 17.3 Å². The van der Waals surface area contributed by atoms with E-state index in [0.717, 1.165) is 24.3 Å². The Hall–Kier alpha value is -2.04. The molecule has 1 aromatic heterocycles. The molecule has 2 N–H and O–H groups in total. The van der Waals surface area contributed by atoms with Gasteiger partial charge in [-0.05, 0) is 18.1 Å². The van der Waals surface area contributed by atoms with Crippen molar-refractivity contribution >= 4 is 11.4 Å². The van der Waals surface area contributed by atoms with Gasteiger partial charge in [0.2, 0.25) is 11.8 Å². The summed E-state index contributed by atoms with van der Waals surface area (Å²) in [6, 6.07) is 6.04. The zero-order chi connectivity index (χ0) is 11.8. The zero-order valence-corrected chi connectivity index (χ0v) is 9.68. The third-order valence-electron chi connectivity index (χ3n) is 3.01. The van der Waals surface area contributed by atoms with Crippen LogP contribution < -0.4 is 10.6 Å². The number of nitrogen functional groups attached to an aromatic ring is 1. The maximum atomic E-state index is 6.01. The van der Waals surface area contributed by atoms with Crippen LogP contribution in [0.4, 0.5) is 11.4 Å². The quantitative estimate of drug-likeness (QED) is 0.792. The largest absolute Gasteiger partial charge is 0.424 e. The normalized spacial score (nSPS) is 14.1. The van der Waals surface area contributed by atoms with Crippen molar-refractivity contribution in [3.63, 3.8) is 0 Å². The highest BCUT2D eigenvalue weighted by molar-refractivity contribution is 5.73. The molecule has 0 atom stereocenters. The summed E-state index contributed by atoms with van der Waals surface area (Å²) in [4.78, 5) is 2.19. The molecule has 0 saturated carbocycles. The lowest BCUT2D eigenvalue weighted by molar-refractivity contribution is 0.464. The molecule has 88 valence electrons. The maximum absolute atomic E-state index is 6.01. The number of nitrogens with zero attached hydrogens (tertiary/aromatic N) is 3. The SMILES string of the molecule is Cc1nnc(CN2CCc3cccc(N)c32)o1. The van der Waals surface area contributed by atoms with Crippen molar-refractivity contribution in [3.8, 4) is 0 Å². The Morgan fingerprint density at radius 1 is 1.41 bits per heavy atom. The smallest absolute Gasteiger partial charge is 0.235 e. The third kappa shape index (κ3) is 1.73. The van der Waals surface area contributed by atoms with E-state index >= 15 is 0 Å². The van der Waals surface area contributed by atoms with Gasteiger partial charge in [-0.3, -0.25) is 0 Å². The van der Waals surface area contributed by atoms with Crippen molar-refractivity contribution in [3.05, 3.63) is 35.5 Å². The first-order valence-corrected chi connectivity index (χ1v) is 5.65. The Balaban J connectivity index is 1.89. The van der Waals surface area contributed by atoms with Gasteiger partial charge < -0.3 is 15.1 Å². The van der Waals surface area contributed by atoms with Crippen molar-refractivity contribution in [2.24, 2.45) is 0 Å². The first-order chi connectivity index (χ1) is 8.24. The highest BCUT2D eigenvalue weighted by Gasteiger charge is 2.22. The highest BCUT2D eigenvalue weighted by atomic mass is 16.4. The fourth-order valence-electron chi connectivity index (χ4n) is 2.29. The van der Waals surface area contributed by atoms with Crippen molar-refractivity contribution < 1.29 is 4.42 Å². The monoisotopic (exact) mass is 230 g/mol. The van der Waals surface area contributed by atoms with Gasteiger partial charge in [-0.15, -0.1) is 10.2 Å². The molecule has 1 aromatic carbocycles. The molecule has 1 aliphatic rings. The minimum Gasteiger partial charge on any atom is -0.424 e. The predicted molar refractivity (Wildman–Crippen MR) is 64.6 cm³/mol. The Labute approximate surface area is 99.2 Å². The summed E-state index contributed by atoms with van der Waals surface area (Å²) in [6.45, 7) is 3.37. The molecular weight excluding hydrogens is 216 g/mol. The molecule has 5 heteroatoms. The van der Waals surface area contributed by atoms with Crippen molar-refractivity contribution in [2.75, 3.05) is 17.2 Å². The Kier molecular flexibility index (Phi) is 2.24. The molecule has 0 saturated heterocycles. The first kappa shape index (κ1) is 10.1. The molecule has 3 rings (SSSR count). The van der Waals surface area contributed by atoms with Crippen LogP contribution in [0.2, 0.25) is 0 Å². The molecule has 2 heterocycles. The molecule has 0 aliphatic carbocycles. The van der Waals surface area contributed by atoms with Crippen LogP contribution in [-0.2, 0) is 13.0 Å². The Morgan fingerprint density at radius 2 is 2.29 bits per heavy atom. The second kappa shape index (κ2) is 3.76. The van der Waals surface area contributed by atoms with E-state index in [4.69, 9.17) is 10.2 Å². The van der Waals surface area contributed by atoms with E-state index in [9.17, 15) is 0 Å². The predicted octanol–water partition coefficient (Wildman–Crippen LogP) is 1.52. The van der Waals surface area contributed by atoms with Crippen LogP contribution in [-0.4, -0.2) is 16.7 Å². The summed E-state index contributed by atoms with van der Waals surface area (Å²) in [7, 11) is 0. The van der Waals surface area contributed by atoms with Gasteiger partial charge in [0.15, 0.2) is 0 Å². The van der Waals surface area contributed by atoms with Gasteiger partial charge in [-0.2, -0.15) is 0 Å². The van der Waals surface area contributed by atoms with Crippen molar-refractivity contribution in [2.45, 2.75) is 19.9 Å². The van der Waals surface area contributed by atoms with Crippen molar-refractivity contribution in [1.82, 2.24) is 10.2 Å². The molecule has 0 unspecified atom stereocenters. The number of para-hydroxylation sites is 1.